The van der Waals surface area contributed by atoms with Crippen LogP contribution in [0.15, 0.2) is 0 Å². The van der Waals surface area contributed by atoms with Crippen molar-refractivity contribution in [2.45, 2.75) is 458 Å². The monoisotopic (exact) mass is 1490 g/mol. The quantitative estimate of drug-likeness (QED) is 0.0222. The molecular weight excluding hydrogens is 1330 g/mol. The number of carbonyl (C=O) groups excluding carboxylic acids is 4. The molecule has 19 heteroatoms. The van der Waals surface area contributed by atoms with Crippen LogP contribution in [0.5, 0.6) is 0 Å². The van der Waals surface area contributed by atoms with Crippen molar-refractivity contribution < 1.29 is 80.2 Å². The number of rotatable bonds is 82. The Morgan fingerprint density at radius 3 is 0.696 bits per heavy atom. The van der Waals surface area contributed by atoms with Gasteiger partial charge in [-0.2, -0.15) is 0 Å². The number of unbranched alkanes of at least 4 members (excludes halogenated alkanes) is 50. The molecule has 0 amide bonds. The minimum absolute atomic E-state index is 0.107. The normalized spacial score (nSPS) is 14.4. The van der Waals surface area contributed by atoms with E-state index in [9.17, 15) is 43.2 Å². The molecule has 0 rings (SSSR count). The van der Waals surface area contributed by atoms with Gasteiger partial charge in [-0.3, -0.25) is 37.3 Å². The van der Waals surface area contributed by atoms with Crippen LogP contribution in [0.3, 0.4) is 0 Å². The second-order valence-electron chi connectivity index (χ2n) is 30.4. The van der Waals surface area contributed by atoms with Crippen molar-refractivity contribution in [1.29, 1.82) is 0 Å². The highest BCUT2D eigenvalue weighted by Crippen LogP contribution is 2.45. The van der Waals surface area contributed by atoms with Gasteiger partial charge in [0.1, 0.15) is 19.3 Å². The molecule has 0 heterocycles. The Morgan fingerprint density at radius 1 is 0.275 bits per heavy atom. The predicted octanol–water partition coefficient (Wildman–Crippen LogP) is 25.1. The fourth-order valence-electron chi connectivity index (χ4n) is 12.8. The van der Waals surface area contributed by atoms with E-state index in [0.29, 0.717) is 25.7 Å². The second-order valence-corrected chi connectivity index (χ2v) is 33.3. The van der Waals surface area contributed by atoms with Gasteiger partial charge in [-0.05, 0) is 37.5 Å². The fourth-order valence-corrected chi connectivity index (χ4v) is 14.4. The van der Waals surface area contributed by atoms with Gasteiger partial charge in [-0.1, -0.05) is 388 Å². The first-order chi connectivity index (χ1) is 49.4. The fraction of sp³-hybridized carbons (Fsp3) is 0.952. The molecule has 606 valence electrons. The number of hydrogen-bond donors (Lipinski definition) is 3. The number of aliphatic hydroxyl groups excluding tert-OH is 1. The van der Waals surface area contributed by atoms with Crippen LogP contribution < -0.4 is 0 Å². The lowest BCUT2D eigenvalue weighted by Crippen LogP contribution is -2.30. The van der Waals surface area contributed by atoms with Crippen LogP contribution in [-0.4, -0.2) is 96.7 Å². The minimum Gasteiger partial charge on any atom is -0.462 e. The molecule has 0 radical (unpaired) electrons. The molecule has 0 aliphatic rings. The summed E-state index contributed by atoms with van der Waals surface area (Å²) in [5.74, 6) is -0.525. The summed E-state index contributed by atoms with van der Waals surface area (Å²) in [6, 6.07) is 0. The van der Waals surface area contributed by atoms with E-state index in [1.807, 2.05) is 0 Å². The molecule has 17 nitrogen and oxygen atoms in total. The Morgan fingerprint density at radius 2 is 0.471 bits per heavy atom. The molecule has 0 spiro atoms. The number of aliphatic hydroxyl groups is 1. The van der Waals surface area contributed by atoms with Gasteiger partial charge in [0, 0.05) is 25.7 Å². The molecule has 0 aliphatic heterocycles. The Kier molecular flexibility index (Phi) is 73.1. The number of hydrogen-bond acceptors (Lipinski definition) is 15. The molecule has 3 N–H and O–H groups in total. The topological polar surface area (TPSA) is 237 Å². The summed E-state index contributed by atoms with van der Waals surface area (Å²) in [6.45, 7) is 9.67. The highest BCUT2D eigenvalue weighted by molar-refractivity contribution is 7.47. The molecule has 0 aromatic rings. The van der Waals surface area contributed by atoms with Crippen LogP contribution in [-0.2, 0) is 65.4 Å². The van der Waals surface area contributed by atoms with E-state index in [-0.39, 0.29) is 25.7 Å². The Labute approximate surface area is 626 Å². The van der Waals surface area contributed by atoms with Gasteiger partial charge in [0.25, 0.3) is 0 Å². The maximum atomic E-state index is 13.1. The zero-order valence-electron chi connectivity index (χ0n) is 66.9. The molecule has 4 unspecified atom stereocenters. The summed E-state index contributed by atoms with van der Waals surface area (Å²) < 4.78 is 68.8. The van der Waals surface area contributed by atoms with Crippen molar-refractivity contribution in [3.05, 3.63) is 0 Å². The molecule has 7 atom stereocenters. The van der Waals surface area contributed by atoms with Gasteiger partial charge in [0.05, 0.1) is 26.4 Å². The minimum atomic E-state index is -4.96. The SMILES string of the molecule is CCCCCCCCCCCCCCCCCCCCCCC(=O)O[C@H](COC(=O)CCCCCCCCCCCCCCCCC(C)CC)COP(=O)(O)OC[C@@H](O)COP(=O)(O)OC[C@@H](COC(=O)CCCCCCCCC(C)CC)OC(=O)CCCCCCCCCCCCCCCC. The van der Waals surface area contributed by atoms with Crippen LogP contribution in [0, 0.1) is 11.8 Å². The second kappa shape index (κ2) is 74.5. The largest absolute Gasteiger partial charge is 0.472 e. The van der Waals surface area contributed by atoms with Gasteiger partial charge in [0.2, 0.25) is 0 Å². The first kappa shape index (κ1) is 100. The number of esters is 4. The zero-order valence-corrected chi connectivity index (χ0v) is 68.7. The summed E-state index contributed by atoms with van der Waals surface area (Å²) in [5, 5.41) is 10.7. The number of phosphoric ester groups is 2. The highest BCUT2D eigenvalue weighted by Gasteiger charge is 2.30. The lowest BCUT2D eigenvalue weighted by molar-refractivity contribution is -0.161. The predicted molar refractivity (Wildman–Crippen MR) is 418 cm³/mol. The molecule has 0 saturated carbocycles. The average Bonchev–Trinajstić information content (AvgIpc) is 1.11. The van der Waals surface area contributed by atoms with Gasteiger partial charge >= 0.3 is 39.5 Å². The summed E-state index contributed by atoms with van der Waals surface area (Å²) in [5.41, 5.74) is 0. The smallest absolute Gasteiger partial charge is 0.462 e. The van der Waals surface area contributed by atoms with Crippen LogP contribution >= 0.6 is 15.6 Å². The van der Waals surface area contributed by atoms with E-state index < -0.39 is 97.5 Å². The van der Waals surface area contributed by atoms with E-state index in [0.717, 1.165) is 108 Å². The van der Waals surface area contributed by atoms with E-state index in [2.05, 4.69) is 41.5 Å². The van der Waals surface area contributed by atoms with E-state index in [1.165, 1.54) is 250 Å². The lowest BCUT2D eigenvalue weighted by Gasteiger charge is -2.21. The van der Waals surface area contributed by atoms with Crippen LogP contribution in [0.2, 0.25) is 0 Å². The third-order valence-electron chi connectivity index (χ3n) is 20.2. The third kappa shape index (κ3) is 73.6. The van der Waals surface area contributed by atoms with Crippen LogP contribution in [0.25, 0.3) is 0 Å². The number of ether oxygens (including phenoxy) is 4. The molecule has 0 aromatic carbocycles. The van der Waals surface area contributed by atoms with Crippen LogP contribution in [0.1, 0.15) is 440 Å². The van der Waals surface area contributed by atoms with Crippen molar-refractivity contribution in [2.75, 3.05) is 39.6 Å². The molecule has 0 aromatic heterocycles. The van der Waals surface area contributed by atoms with Crippen molar-refractivity contribution in [3.63, 3.8) is 0 Å². The molecule has 0 saturated heterocycles. The van der Waals surface area contributed by atoms with Gasteiger partial charge in [-0.15, -0.1) is 0 Å². The van der Waals surface area contributed by atoms with Crippen molar-refractivity contribution >= 4 is 39.5 Å². The number of carbonyl (C=O) groups is 4. The van der Waals surface area contributed by atoms with Crippen LogP contribution in [0.4, 0.5) is 0 Å². The number of phosphoric acid groups is 2. The van der Waals surface area contributed by atoms with Crippen molar-refractivity contribution in [2.24, 2.45) is 11.8 Å². The first-order valence-corrected chi connectivity index (χ1v) is 46.1. The van der Waals surface area contributed by atoms with Crippen molar-refractivity contribution in [3.8, 4) is 0 Å². The molecular formula is C83H162O17P2. The molecule has 0 bridgehead atoms. The molecule has 102 heavy (non-hydrogen) atoms. The van der Waals surface area contributed by atoms with Crippen molar-refractivity contribution in [1.82, 2.24) is 0 Å². The molecule has 0 aliphatic carbocycles. The third-order valence-corrected chi connectivity index (χ3v) is 22.1. The van der Waals surface area contributed by atoms with E-state index >= 15 is 0 Å². The summed E-state index contributed by atoms with van der Waals surface area (Å²) in [4.78, 5) is 73.1. The highest BCUT2D eigenvalue weighted by atomic mass is 31.2. The summed E-state index contributed by atoms with van der Waals surface area (Å²) in [6.07, 6.45) is 65.2. The maximum absolute atomic E-state index is 13.1. The Bertz CT molecular complexity index is 1960. The average molecular weight is 1490 g/mol. The standard InChI is InChI=1S/C83H162O17P2/c1-7-11-13-15-17-19-21-23-25-26-27-28-29-30-36-40-44-48-56-62-68-82(87)99-78(71-93-80(85)65-59-53-46-42-38-35-32-31-33-37-41-45-51-57-63-75(5)9-3)73-97-101(89,90)95-69-77(84)70-96-102(91,92)98-74-79(72-94-81(86)66-60-54-50-49-52-58-64-76(6)10-4)100-83(88)67-61-55-47-43-39-34-24-22-20-18-16-14-12-8-2/h75-79,84H,7-74H2,1-6H3,(H,89,90)(H,91,92)/t75?,76?,77-,78-,79-/m1/s1. The van der Waals surface area contributed by atoms with E-state index in [4.69, 9.17) is 37.0 Å². The zero-order chi connectivity index (χ0) is 74.9. The molecule has 0 fully saturated rings. The first-order valence-electron chi connectivity index (χ1n) is 43.1. The summed E-state index contributed by atoms with van der Waals surface area (Å²) in [7, 11) is -9.92. The van der Waals surface area contributed by atoms with E-state index in [1.54, 1.807) is 0 Å². The van der Waals surface area contributed by atoms with Gasteiger partial charge < -0.3 is 33.8 Å². The van der Waals surface area contributed by atoms with Gasteiger partial charge in [0.15, 0.2) is 12.2 Å². The lowest BCUT2D eigenvalue weighted by atomic mass is 9.99. The maximum Gasteiger partial charge on any atom is 0.472 e. The summed E-state index contributed by atoms with van der Waals surface area (Å²) >= 11 is 0. The van der Waals surface area contributed by atoms with Gasteiger partial charge in [-0.25, -0.2) is 9.13 Å². The Hall–Kier alpha value is -1.94. The Balaban J connectivity index is 5.24.